The van der Waals surface area contributed by atoms with Crippen molar-refractivity contribution in [2.45, 2.75) is 26.3 Å². The number of aromatic hydroxyl groups is 1. The average Bonchev–Trinajstić information content (AvgIpc) is 2.37. The maximum atomic E-state index is 12.2. The van der Waals surface area contributed by atoms with E-state index in [-0.39, 0.29) is 11.3 Å². The van der Waals surface area contributed by atoms with E-state index < -0.39 is 29.5 Å². The molecule has 0 aliphatic carbocycles. The van der Waals surface area contributed by atoms with Crippen molar-refractivity contribution in [3.05, 3.63) is 23.8 Å². The molecule has 0 unspecified atom stereocenters. The highest BCUT2D eigenvalue weighted by Crippen LogP contribution is 2.39. The van der Waals surface area contributed by atoms with E-state index in [9.17, 15) is 23.1 Å². The van der Waals surface area contributed by atoms with Gasteiger partial charge < -0.3 is 20.3 Å². The number of rotatable bonds is 4. The fourth-order valence-corrected chi connectivity index (χ4v) is 1.76. The zero-order valence-electron chi connectivity index (χ0n) is 11.7. The first-order chi connectivity index (χ1) is 9.49. The normalized spacial score (nSPS) is 13.7. The average molecular weight is 307 g/mol. The Hall–Kier alpha value is -1.96. The van der Waals surface area contributed by atoms with Crippen LogP contribution in [0.15, 0.2) is 18.2 Å². The van der Waals surface area contributed by atoms with Gasteiger partial charge in [-0.25, -0.2) is 0 Å². The van der Waals surface area contributed by atoms with E-state index in [1.807, 2.05) is 0 Å². The van der Waals surface area contributed by atoms with Crippen molar-refractivity contribution in [3.63, 3.8) is 0 Å². The zero-order chi connectivity index (χ0) is 16.4. The van der Waals surface area contributed by atoms with E-state index in [1.54, 1.807) is 0 Å². The number of alkyl halides is 3. The largest absolute Gasteiger partial charge is 0.573 e. The van der Waals surface area contributed by atoms with Gasteiger partial charge in [0.15, 0.2) is 0 Å². The highest BCUT2D eigenvalue weighted by Gasteiger charge is 2.38. The molecule has 0 spiro atoms. The first-order valence-corrected chi connectivity index (χ1v) is 5.91. The van der Waals surface area contributed by atoms with E-state index in [2.05, 4.69) is 9.47 Å². The van der Waals surface area contributed by atoms with Crippen LogP contribution in [0.25, 0.3) is 0 Å². The Morgan fingerprint density at radius 2 is 1.90 bits per heavy atom. The third kappa shape index (κ3) is 4.01. The van der Waals surface area contributed by atoms with E-state index in [0.29, 0.717) is 0 Å². The number of phenolic OH excluding ortho intramolecular Hbond substituents is 1. The number of carbonyl (C=O) groups excluding carboxylic acids is 1. The molecule has 0 aliphatic heterocycles. The molecule has 1 rings (SSSR count). The van der Waals surface area contributed by atoms with Crippen molar-refractivity contribution in [3.8, 4) is 11.5 Å². The predicted octanol–water partition coefficient (Wildman–Crippen LogP) is 2.49. The number of ether oxygens (including phenoxy) is 2. The van der Waals surface area contributed by atoms with Gasteiger partial charge in [0, 0.05) is 11.6 Å². The number of halogens is 3. The van der Waals surface area contributed by atoms with Crippen LogP contribution in [0.4, 0.5) is 13.2 Å². The van der Waals surface area contributed by atoms with Crippen LogP contribution in [0.3, 0.4) is 0 Å². The van der Waals surface area contributed by atoms with E-state index in [4.69, 9.17) is 5.73 Å². The van der Waals surface area contributed by atoms with Crippen LogP contribution in [0.1, 0.15) is 25.5 Å². The minimum Gasteiger partial charge on any atom is -0.508 e. The Morgan fingerprint density at radius 3 is 2.38 bits per heavy atom. The maximum absolute atomic E-state index is 12.2. The molecule has 0 saturated carbocycles. The highest BCUT2D eigenvalue weighted by atomic mass is 19.4. The van der Waals surface area contributed by atoms with Gasteiger partial charge in [-0.3, -0.25) is 4.79 Å². The second-order valence-electron chi connectivity index (χ2n) is 4.96. The summed E-state index contributed by atoms with van der Waals surface area (Å²) in [5, 5.41) is 9.75. The van der Waals surface area contributed by atoms with E-state index in [1.165, 1.54) is 21.0 Å². The van der Waals surface area contributed by atoms with E-state index >= 15 is 0 Å². The molecule has 5 nitrogen and oxygen atoms in total. The van der Waals surface area contributed by atoms with Crippen molar-refractivity contribution in [1.82, 2.24) is 0 Å². The number of methoxy groups -OCH3 is 1. The quantitative estimate of drug-likeness (QED) is 0.835. The minimum atomic E-state index is -4.86. The number of benzene rings is 1. The molecule has 21 heavy (non-hydrogen) atoms. The SMILES string of the molecule is COC(=O)C(C)(C)[C@@H](N)c1cc(OC(F)(F)F)ccc1O. The van der Waals surface area contributed by atoms with Crippen molar-refractivity contribution in [2.24, 2.45) is 11.1 Å². The molecule has 0 radical (unpaired) electrons. The van der Waals surface area contributed by atoms with Crippen LogP contribution < -0.4 is 10.5 Å². The number of esters is 1. The lowest BCUT2D eigenvalue weighted by molar-refractivity contribution is -0.274. The summed E-state index contributed by atoms with van der Waals surface area (Å²) < 4.78 is 45.0. The Morgan fingerprint density at radius 1 is 1.33 bits per heavy atom. The molecule has 3 N–H and O–H groups in total. The molecule has 0 amide bonds. The van der Waals surface area contributed by atoms with Crippen molar-refractivity contribution < 1.29 is 32.5 Å². The molecule has 1 aromatic rings. The van der Waals surface area contributed by atoms with Gasteiger partial charge in [0.05, 0.1) is 12.5 Å². The molecule has 118 valence electrons. The van der Waals surface area contributed by atoms with Crippen LogP contribution in [0, 0.1) is 5.41 Å². The molecule has 0 heterocycles. The summed E-state index contributed by atoms with van der Waals surface area (Å²) in [4.78, 5) is 11.7. The summed E-state index contributed by atoms with van der Waals surface area (Å²) in [6, 6.07) is 1.83. The summed E-state index contributed by atoms with van der Waals surface area (Å²) >= 11 is 0. The lowest BCUT2D eigenvalue weighted by Crippen LogP contribution is -2.37. The van der Waals surface area contributed by atoms with Gasteiger partial charge >= 0.3 is 12.3 Å². The molecule has 8 heteroatoms. The van der Waals surface area contributed by atoms with Crippen LogP contribution in [-0.2, 0) is 9.53 Å². The molecule has 1 aromatic carbocycles. The first-order valence-electron chi connectivity index (χ1n) is 5.91. The van der Waals surface area contributed by atoms with E-state index in [0.717, 1.165) is 18.2 Å². The number of hydrogen-bond acceptors (Lipinski definition) is 5. The van der Waals surface area contributed by atoms with Gasteiger partial charge in [0.25, 0.3) is 0 Å². The molecule has 0 aromatic heterocycles. The van der Waals surface area contributed by atoms with Crippen LogP contribution in [0.5, 0.6) is 11.5 Å². The summed E-state index contributed by atoms with van der Waals surface area (Å²) in [6.07, 6.45) is -4.86. The molecule has 0 saturated heterocycles. The number of nitrogens with two attached hydrogens (primary N) is 1. The summed E-state index contributed by atoms with van der Waals surface area (Å²) in [5.41, 5.74) is 4.59. The third-order valence-electron chi connectivity index (χ3n) is 3.06. The Balaban J connectivity index is 3.17. The Kier molecular flexibility index (Phi) is 4.72. The van der Waals surface area contributed by atoms with Gasteiger partial charge in [-0.15, -0.1) is 13.2 Å². The molecular weight excluding hydrogens is 291 g/mol. The molecule has 0 bridgehead atoms. The van der Waals surface area contributed by atoms with Crippen molar-refractivity contribution in [2.75, 3.05) is 7.11 Å². The van der Waals surface area contributed by atoms with Crippen LogP contribution >= 0.6 is 0 Å². The monoisotopic (exact) mass is 307 g/mol. The second-order valence-corrected chi connectivity index (χ2v) is 4.96. The Labute approximate surface area is 119 Å². The van der Waals surface area contributed by atoms with Crippen molar-refractivity contribution in [1.29, 1.82) is 0 Å². The fraction of sp³-hybridized carbons (Fsp3) is 0.462. The summed E-state index contributed by atoms with van der Waals surface area (Å²) in [7, 11) is 1.17. The predicted molar refractivity (Wildman–Crippen MR) is 67.5 cm³/mol. The number of hydrogen-bond donors (Lipinski definition) is 2. The fourth-order valence-electron chi connectivity index (χ4n) is 1.76. The Bertz CT molecular complexity index is 529. The zero-order valence-corrected chi connectivity index (χ0v) is 11.7. The minimum absolute atomic E-state index is 0.0489. The number of carbonyl (C=O) groups is 1. The van der Waals surface area contributed by atoms with Crippen LogP contribution in [0.2, 0.25) is 0 Å². The molecule has 0 fully saturated rings. The first kappa shape index (κ1) is 17.1. The van der Waals surface area contributed by atoms with Crippen molar-refractivity contribution >= 4 is 5.97 Å². The van der Waals surface area contributed by atoms with Gasteiger partial charge in [-0.2, -0.15) is 0 Å². The molecule has 0 aliphatic rings. The van der Waals surface area contributed by atoms with Gasteiger partial charge in [-0.1, -0.05) is 0 Å². The molecular formula is C13H16F3NO4. The van der Waals surface area contributed by atoms with Gasteiger partial charge in [0.1, 0.15) is 11.5 Å². The lowest BCUT2D eigenvalue weighted by atomic mass is 9.80. The maximum Gasteiger partial charge on any atom is 0.573 e. The standard InChI is InChI=1S/C13H16F3NO4/c1-12(2,11(19)20-3)10(17)8-6-7(4-5-9(8)18)21-13(14,15)16/h4-6,10,18H,17H2,1-3H3/t10-/m0/s1. The highest BCUT2D eigenvalue weighted by molar-refractivity contribution is 5.77. The number of phenols is 1. The smallest absolute Gasteiger partial charge is 0.508 e. The lowest BCUT2D eigenvalue weighted by Gasteiger charge is -2.29. The molecule has 1 atom stereocenters. The van der Waals surface area contributed by atoms with Gasteiger partial charge in [-0.05, 0) is 32.0 Å². The second kappa shape index (κ2) is 5.80. The topological polar surface area (TPSA) is 81.8 Å². The van der Waals surface area contributed by atoms with Gasteiger partial charge in [0.2, 0.25) is 0 Å². The third-order valence-corrected chi connectivity index (χ3v) is 3.06. The summed E-state index contributed by atoms with van der Waals surface area (Å²) in [5.74, 6) is -1.53. The summed E-state index contributed by atoms with van der Waals surface area (Å²) in [6.45, 7) is 2.92. The van der Waals surface area contributed by atoms with Crippen LogP contribution in [-0.4, -0.2) is 24.5 Å².